The third kappa shape index (κ3) is 5.34. The van der Waals surface area contributed by atoms with Crippen molar-refractivity contribution in [1.82, 2.24) is 10.2 Å². The van der Waals surface area contributed by atoms with Gasteiger partial charge in [-0.15, -0.1) is 0 Å². The van der Waals surface area contributed by atoms with Gasteiger partial charge in [0.15, 0.2) is 11.5 Å². The predicted molar refractivity (Wildman–Crippen MR) is 107 cm³/mol. The smallest absolute Gasteiger partial charge is 0.252 e. The molecule has 1 N–H and O–H groups in total. The van der Waals surface area contributed by atoms with Crippen molar-refractivity contribution in [3.63, 3.8) is 0 Å². The van der Waals surface area contributed by atoms with Crippen molar-refractivity contribution < 1.29 is 14.3 Å². The number of benzene rings is 2. The first-order valence-electron chi connectivity index (χ1n) is 7.87. The van der Waals surface area contributed by atoms with Crippen LogP contribution in [-0.2, 0) is 13.1 Å². The number of rotatable bonds is 7. The van der Waals surface area contributed by atoms with Crippen LogP contribution in [0.25, 0.3) is 0 Å². The average molecular weight is 454 g/mol. The topological polar surface area (TPSA) is 50.8 Å². The number of hydrogen-bond acceptors (Lipinski definition) is 4. The van der Waals surface area contributed by atoms with Crippen LogP contribution in [0.1, 0.15) is 21.5 Å². The Balaban J connectivity index is 2.05. The largest absolute Gasteiger partial charge is 0.493 e. The molecule has 1 amide bonds. The Morgan fingerprint density at radius 3 is 2.16 bits per heavy atom. The molecule has 0 spiro atoms. The highest BCUT2D eigenvalue weighted by Crippen LogP contribution is 2.31. The minimum atomic E-state index is -0.136. The molecule has 6 heteroatoms. The molecule has 0 saturated heterocycles. The van der Waals surface area contributed by atoms with Crippen molar-refractivity contribution in [3.05, 3.63) is 56.7 Å². The van der Waals surface area contributed by atoms with E-state index in [4.69, 9.17) is 9.47 Å². The highest BCUT2D eigenvalue weighted by Gasteiger charge is 2.15. The summed E-state index contributed by atoms with van der Waals surface area (Å²) >= 11 is 2.13. The van der Waals surface area contributed by atoms with Gasteiger partial charge in [0.25, 0.3) is 5.91 Å². The first-order valence-corrected chi connectivity index (χ1v) is 8.94. The van der Waals surface area contributed by atoms with E-state index in [0.717, 1.165) is 15.7 Å². The van der Waals surface area contributed by atoms with Gasteiger partial charge in [0, 0.05) is 16.7 Å². The number of carbonyl (C=O) groups is 1. The van der Waals surface area contributed by atoms with Crippen LogP contribution in [0.5, 0.6) is 11.5 Å². The lowest BCUT2D eigenvalue weighted by atomic mass is 10.1. The maximum absolute atomic E-state index is 12.5. The second-order valence-electron chi connectivity index (χ2n) is 5.92. The second-order valence-corrected chi connectivity index (χ2v) is 7.09. The predicted octanol–water partition coefficient (Wildman–Crippen LogP) is 3.30. The van der Waals surface area contributed by atoms with E-state index in [0.29, 0.717) is 23.6 Å². The summed E-state index contributed by atoms with van der Waals surface area (Å²) < 4.78 is 11.3. The molecule has 2 rings (SSSR count). The van der Waals surface area contributed by atoms with Crippen LogP contribution in [0.2, 0.25) is 0 Å². The van der Waals surface area contributed by atoms with Crippen LogP contribution in [0.4, 0.5) is 0 Å². The molecule has 0 aliphatic carbocycles. The van der Waals surface area contributed by atoms with Crippen LogP contribution in [-0.4, -0.2) is 39.1 Å². The minimum Gasteiger partial charge on any atom is -0.493 e. The van der Waals surface area contributed by atoms with E-state index < -0.39 is 0 Å². The number of amides is 1. The van der Waals surface area contributed by atoms with Gasteiger partial charge in [-0.1, -0.05) is 24.3 Å². The lowest BCUT2D eigenvalue weighted by Crippen LogP contribution is -2.23. The lowest BCUT2D eigenvalue weighted by molar-refractivity contribution is 0.0949. The first-order chi connectivity index (χ1) is 11.9. The number of methoxy groups -OCH3 is 2. The fourth-order valence-electron chi connectivity index (χ4n) is 2.43. The summed E-state index contributed by atoms with van der Waals surface area (Å²) in [5, 5.41) is 2.95. The molecule has 134 valence electrons. The highest BCUT2D eigenvalue weighted by molar-refractivity contribution is 14.1. The van der Waals surface area contributed by atoms with E-state index >= 15 is 0 Å². The summed E-state index contributed by atoms with van der Waals surface area (Å²) in [6, 6.07) is 11.8. The molecule has 0 saturated carbocycles. The molecule has 0 aliphatic heterocycles. The number of halogens is 1. The van der Waals surface area contributed by atoms with Crippen LogP contribution in [0.15, 0.2) is 36.4 Å². The normalized spacial score (nSPS) is 10.6. The maximum atomic E-state index is 12.5. The van der Waals surface area contributed by atoms with Gasteiger partial charge < -0.3 is 19.7 Å². The molecule has 0 radical (unpaired) electrons. The first kappa shape index (κ1) is 19.5. The Labute approximate surface area is 162 Å². The maximum Gasteiger partial charge on any atom is 0.252 e. The van der Waals surface area contributed by atoms with E-state index in [1.54, 1.807) is 26.4 Å². The van der Waals surface area contributed by atoms with Gasteiger partial charge in [0.1, 0.15) is 0 Å². The van der Waals surface area contributed by atoms with Crippen LogP contribution >= 0.6 is 22.6 Å². The van der Waals surface area contributed by atoms with E-state index in [-0.39, 0.29) is 5.91 Å². The van der Waals surface area contributed by atoms with E-state index in [9.17, 15) is 4.79 Å². The lowest BCUT2D eigenvalue weighted by Gasteiger charge is -2.13. The number of ether oxygens (including phenoxy) is 2. The van der Waals surface area contributed by atoms with E-state index in [1.807, 2.05) is 26.2 Å². The standard InChI is InChI=1S/C19H23IN2O3/c1-22(2)12-14-7-5-13(6-8-14)11-21-19(23)15-9-17(24-3)18(25-4)10-16(15)20/h5-10H,11-12H2,1-4H3,(H,21,23). The molecule has 0 aliphatic rings. The Bertz CT molecular complexity index is 730. The second kappa shape index (κ2) is 9.05. The molecule has 0 unspecified atom stereocenters. The fraction of sp³-hybridized carbons (Fsp3) is 0.316. The van der Waals surface area contributed by atoms with Crippen molar-refractivity contribution >= 4 is 28.5 Å². The third-order valence-corrected chi connectivity index (χ3v) is 4.59. The molecule has 5 nitrogen and oxygen atoms in total. The molecular formula is C19H23IN2O3. The van der Waals surface area contributed by atoms with Crippen molar-refractivity contribution in [3.8, 4) is 11.5 Å². The summed E-state index contributed by atoms with van der Waals surface area (Å²) in [6.45, 7) is 1.38. The Morgan fingerprint density at radius 1 is 1.04 bits per heavy atom. The van der Waals surface area contributed by atoms with Gasteiger partial charge in [-0.05, 0) is 59.9 Å². The quantitative estimate of drug-likeness (QED) is 0.653. The van der Waals surface area contributed by atoms with E-state index in [2.05, 4.69) is 44.9 Å². The minimum absolute atomic E-state index is 0.136. The number of nitrogens with zero attached hydrogens (tertiary/aromatic N) is 1. The Kier molecular flexibility index (Phi) is 7.07. The van der Waals surface area contributed by atoms with Crippen LogP contribution < -0.4 is 14.8 Å². The van der Waals surface area contributed by atoms with Gasteiger partial charge in [-0.25, -0.2) is 0 Å². The van der Waals surface area contributed by atoms with Crippen molar-refractivity contribution in [2.45, 2.75) is 13.1 Å². The molecule has 0 fully saturated rings. The summed E-state index contributed by atoms with van der Waals surface area (Å²) in [5.74, 6) is 1.02. The van der Waals surface area contributed by atoms with Gasteiger partial charge >= 0.3 is 0 Å². The number of nitrogens with one attached hydrogen (secondary N) is 1. The summed E-state index contributed by atoms with van der Waals surface area (Å²) in [7, 11) is 7.22. The highest BCUT2D eigenvalue weighted by atomic mass is 127. The number of carbonyl (C=O) groups excluding carboxylic acids is 1. The SMILES string of the molecule is COc1cc(I)c(C(=O)NCc2ccc(CN(C)C)cc2)cc1OC. The molecule has 25 heavy (non-hydrogen) atoms. The third-order valence-electron chi connectivity index (χ3n) is 3.69. The molecule has 2 aromatic rings. The zero-order chi connectivity index (χ0) is 18.4. The Morgan fingerprint density at radius 2 is 1.60 bits per heavy atom. The van der Waals surface area contributed by atoms with Gasteiger partial charge in [0.2, 0.25) is 0 Å². The zero-order valence-corrected chi connectivity index (χ0v) is 17.1. The summed E-state index contributed by atoms with van der Waals surface area (Å²) in [6.07, 6.45) is 0. The molecule has 2 aromatic carbocycles. The fourth-order valence-corrected chi connectivity index (χ4v) is 3.12. The van der Waals surface area contributed by atoms with Gasteiger partial charge in [0.05, 0.1) is 19.8 Å². The Hall–Kier alpha value is -1.80. The molecule has 0 heterocycles. The van der Waals surface area contributed by atoms with Crippen molar-refractivity contribution in [2.75, 3.05) is 28.3 Å². The van der Waals surface area contributed by atoms with E-state index in [1.165, 1.54) is 5.56 Å². The van der Waals surface area contributed by atoms with Crippen LogP contribution in [0, 0.1) is 3.57 Å². The number of hydrogen-bond donors (Lipinski definition) is 1. The molecule has 0 bridgehead atoms. The molecule has 0 atom stereocenters. The monoisotopic (exact) mass is 454 g/mol. The molecule has 0 aromatic heterocycles. The van der Waals surface area contributed by atoms with Gasteiger partial charge in [-0.2, -0.15) is 0 Å². The van der Waals surface area contributed by atoms with Crippen molar-refractivity contribution in [2.24, 2.45) is 0 Å². The average Bonchev–Trinajstić information content (AvgIpc) is 2.60. The summed E-state index contributed by atoms with van der Waals surface area (Å²) in [5.41, 5.74) is 2.88. The zero-order valence-electron chi connectivity index (χ0n) is 14.9. The summed E-state index contributed by atoms with van der Waals surface area (Å²) in [4.78, 5) is 14.6. The molecular weight excluding hydrogens is 431 g/mol. The van der Waals surface area contributed by atoms with Gasteiger partial charge in [-0.3, -0.25) is 4.79 Å². The van der Waals surface area contributed by atoms with Crippen molar-refractivity contribution in [1.29, 1.82) is 0 Å². The van der Waals surface area contributed by atoms with Crippen LogP contribution in [0.3, 0.4) is 0 Å².